The first-order valence-electron chi connectivity index (χ1n) is 8.99. The van der Waals surface area contributed by atoms with Crippen molar-refractivity contribution in [3.8, 4) is 0 Å². The summed E-state index contributed by atoms with van der Waals surface area (Å²) in [6.07, 6.45) is 3.09. The van der Waals surface area contributed by atoms with E-state index in [4.69, 9.17) is 5.11 Å². The van der Waals surface area contributed by atoms with Gasteiger partial charge in [0.15, 0.2) is 0 Å². The Bertz CT molecular complexity index is 527. The third-order valence-electron chi connectivity index (χ3n) is 4.87. The van der Waals surface area contributed by atoms with E-state index in [9.17, 15) is 4.79 Å². The van der Waals surface area contributed by atoms with Gasteiger partial charge in [-0.15, -0.1) is 0 Å². The Kier molecular flexibility index (Phi) is 6.80. The summed E-state index contributed by atoms with van der Waals surface area (Å²) in [4.78, 5) is 15.6. The van der Waals surface area contributed by atoms with Crippen LogP contribution in [0.3, 0.4) is 0 Å². The van der Waals surface area contributed by atoms with E-state index in [-0.39, 0.29) is 6.42 Å². The summed E-state index contributed by atoms with van der Waals surface area (Å²) in [5.74, 6) is 0.316. The van der Waals surface area contributed by atoms with E-state index in [1.807, 2.05) is 0 Å². The Labute approximate surface area is 145 Å². The molecule has 0 spiro atoms. The summed E-state index contributed by atoms with van der Waals surface area (Å²) in [6, 6.07) is 2.64. The van der Waals surface area contributed by atoms with E-state index in [1.165, 1.54) is 0 Å². The van der Waals surface area contributed by atoms with Crippen LogP contribution >= 0.6 is 0 Å². The fraction of sp³-hybridized carbons (Fsp3) is 0.778. The van der Waals surface area contributed by atoms with Crippen LogP contribution < -0.4 is 0 Å². The van der Waals surface area contributed by atoms with Gasteiger partial charge in [-0.2, -0.15) is 5.10 Å². The summed E-state index contributed by atoms with van der Waals surface area (Å²) >= 11 is 0. The van der Waals surface area contributed by atoms with Crippen LogP contribution in [0.2, 0.25) is 0 Å². The van der Waals surface area contributed by atoms with Gasteiger partial charge in [-0.3, -0.25) is 14.8 Å². The first-order chi connectivity index (χ1) is 11.3. The maximum atomic E-state index is 10.9. The lowest BCUT2D eigenvalue weighted by molar-refractivity contribution is -0.137. The minimum Gasteiger partial charge on any atom is -0.481 e. The Morgan fingerprint density at radius 2 is 2.25 bits per heavy atom. The van der Waals surface area contributed by atoms with Gasteiger partial charge in [-0.25, -0.2) is 0 Å². The minimum atomic E-state index is -0.698. The van der Waals surface area contributed by atoms with Gasteiger partial charge in [0.25, 0.3) is 0 Å². The summed E-state index contributed by atoms with van der Waals surface area (Å²) in [6.45, 7) is 7.27. The van der Waals surface area contributed by atoms with Crippen LogP contribution in [0.4, 0.5) is 0 Å². The normalized spacial score (nSPS) is 22.4. The zero-order valence-corrected chi connectivity index (χ0v) is 15.5. The number of likely N-dealkylation sites (tertiary alicyclic amines) is 1. The number of aromatic amines is 1. The molecule has 1 aliphatic rings. The molecule has 2 heterocycles. The van der Waals surface area contributed by atoms with Crippen LogP contribution in [-0.2, 0) is 17.8 Å². The van der Waals surface area contributed by atoms with E-state index in [2.05, 4.69) is 54.0 Å². The molecule has 6 heteroatoms. The Balaban J connectivity index is 1.93. The van der Waals surface area contributed by atoms with E-state index in [0.717, 1.165) is 50.3 Å². The molecule has 0 saturated carbocycles. The highest BCUT2D eigenvalue weighted by Crippen LogP contribution is 2.26. The molecule has 0 radical (unpaired) electrons. The molecule has 24 heavy (non-hydrogen) atoms. The third-order valence-corrected chi connectivity index (χ3v) is 4.87. The number of hydrogen-bond acceptors (Lipinski definition) is 4. The van der Waals surface area contributed by atoms with E-state index < -0.39 is 5.97 Å². The van der Waals surface area contributed by atoms with Crippen LogP contribution in [0, 0.1) is 11.8 Å². The maximum Gasteiger partial charge on any atom is 0.303 e. The lowest BCUT2D eigenvalue weighted by atomic mass is 9.87. The second-order valence-corrected chi connectivity index (χ2v) is 7.73. The van der Waals surface area contributed by atoms with Gasteiger partial charge >= 0.3 is 5.97 Å². The molecule has 2 N–H and O–H groups in total. The van der Waals surface area contributed by atoms with Crippen molar-refractivity contribution in [2.24, 2.45) is 11.8 Å². The fourth-order valence-corrected chi connectivity index (χ4v) is 3.77. The fourth-order valence-electron chi connectivity index (χ4n) is 3.77. The number of rotatable bonds is 8. The van der Waals surface area contributed by atoms with Crippen molar-refractivity contribution in [3.05, 3.63) is 17.5 Å². The lowest BCUT2D eigenvalue weighted by Gasteiger charge is -2.41. The number of hydrogen-bond donors (Lipinski definition) is 2. The highest BCUT2D eigenvalue weighted by atomic mass is 16.4. The topological polar surface area (TPSA) is 72.5 Å². The number of carboxylic acid groups (broad SMARTS) is 1. The highest BCUT2D eigenvalue weighted by Gasteiger charge is 2.31. The van der Waals surface area contributed by atoms with Gasteiger partial charge < -0.3 is 10.0 Å². The van der Waals surface area contributed by atoms with Gasteiger partial charge in [-0.05, 0) is 51.3 Å². The van der Waals surface area contributed by atoms with Crippen molar-refractivity contribution < 1.29 is 9.90 Å². The molecule has 1 aromatic rings. The second kappa shape index (κ2) is 8.62. The third kappa shape index (κ3) is 5.60. The van der Waals surface area contributed by atoms with Gasteiger partial charge in [-0.1, -0.05) is 13.8 Å². The predicted octanol–water partition coefficient (Wildman–Crippen LogP) is 2.23. The largest absolute Gasteiger partial charge is 0.481 e. The molecule has 0 bridgehead atoms. The molecule has 2 rings (SSSR count). The molecule has 0 aliphatic carbocycles. The Morgan fingerprint density at radius 3 is 2.88 bits per heavy atom. The van der Waals surface area contributed by atoms with Gasteiger partial charge in [0.1, 0.15) is 0 Å². The number of carboxylic acids is 1. The molecule has 0 aromatic carbocycles. The second-order valence-electron chi connectivity index (χ2n) is 7.73. The molecular formula is C18H32N4O2. The number of nitrogens with one attached hydrogen (secondary N) is 1. The summed E-state index contributed by atoms with van der Waals surface area (Å²) in [5, 5.41) is 16.6. The average Bonchev–Trinajstić information content (AvgIpc) is 2.91. The number of piperidine rings is 1. The van der Waals surface area contributed by atoms with E-state index in [1.54, 1.807) is 0 Å². The van der Waals surface area contributed by atoms with Gasteiger partial charge in [0, 0.05) is 37.8 Å². The molecule has 1 saturated heterocycles. The predicted molar refractivity (Wildman–Crippen MR) is 94.9 cm³/mol. The molecule has 0 unspecified atom stereocenters. The molecule has 0 amide bonds. The van der Waals surface area contributed by atoms with E-state index >= 15 is 0 Å². The summed E-state index contributed by atoms with van der Waals surface area (Å²) in [5.41, 5.74) is 2.29. The minimum absolute atomic E-state index is 0.255. The van der Waals surface area contributed by atoms with Crippen LogP contribution in [0.5, 0.6) is 0 Å². The molecule has 1 fully saturated rings. The van der Waals surface area contributed by atoms with Crippen molar-refractivity contribution in [1.29, 1.82) is 0 Å². The zero-order chi connectivity index (χ0) is 17.7. The number of carbonyl (C=O) groups is 1. The van der Waals surface area contributed by atoms with Crippen molar-refractivity contribution in [2.75, 3.05) is 27.2 Å². The first kappa shape index (κ1) is 18.9. The molecule has 1 aliphatic heterocycles. The zero-order valence-electron chi connectivity index (χ0n) is 15.5. The van der Waals surface area contributed by atoms with Crippen molar-refractivity contribution in [3.63, 3.8) is 0 Å². The summed E-state index contributed by atoms with van der Waals surface area (Å²) < 4.78 is 0. The molecule has 136 valence electrons. The number of aliphatic carboxylic acids is 1. The standard InChI is InChI=1S/C18H32N4O2/c1-13(2)9-15-10-16(20-19-15)12-22-8-7-17(21(3)4)14(11-22)5-6-18(23)24/h10,13-14,17H,5-9,11-12H2,1-4H3,(H,19,20)(H,23,24)/t14-,17+/m1/s1. The number of aromatic nitrogens is 2. The number of H-pyrrole nitrogens is 1. The van der Waals surface area contributed by atoms with Gasteiger partial charge in [0.05, 0.1) is 5.69 Å². The van der Waals surface area contributed by atoms with Gasteiger partial charge in [0.2, 0.25) is 0 Å². The molecule has 6 nitrogen and oxygen atoms in total. The van der Waals surface area contributed by atoms with Crippen LogP contribution in [0.15, 0.2) is 6.07 Å². The highest BCUT2D eigenvalue weighted by molar-refractivity contribution is 5.66. The number of nitrogens with zero attached hydrogens (tertiary/aromatic N) is 3. The van der Waals surface area contributed by atoms with Crippen LogP contribution in [-0.4, -0.2) is 64.3 Å². The van der Waals surface area contributed by atoms with Crippen LogP contribution in [0.25, 0.3) is 0 Å². The lowest BCUT2D eigenvalue weighted by Crippen LogP contribution is -2.48. The maximum absolute atomic E-state index is 10.9. The monoisotopic (exact) mass is 336 g/mol. The molecule has 2 atom stereocenters. The first-order valence-corrected chi connectivity index (χ1v) is 8.99. The quantitative estimate of drug-likeness (QED) is 0.761. The smallest absolute Gasteiger partial charge is 0.303 e. The SMILES string of the molecule is CC(C)Cc1cc(CN2CC[C@H](N(C)C)[C@H](CCC(=O)O)C2)[nH]n1. The Hall–Kier alpha value is -1.40. The van der Waals surface area contributed by atoms with E-state index in [0.29, 0.717) is 17.9 Å². The van der Waals surface area contributed by atoms with Crippen molar-refractivity contribution in [1.82, 2.24) is 20.0 Å². The average molecular weight is 336 g/mol. The summed E-state index contributed by atoms with van der Waals surface area (Å²) in [7, 11) is 4.20. The Morgan fingerprint density at radius 1 is 1.50 bits per heavy atom. The molecule has 1 aromatic heterocycles. The van der Waals surface area contributed by atoms with Crippen molar-refractivity contribution in [2.45, 2.75) is 52.1 Å². The van der Waals surface area contributed by atoms with Crippen molar-refractivity contribution >= 4 is 5.97 Å². The van der Waals surface area contributed by atoms with Crippen LogP contribution in [0.1, 0.15) is 44.5 Å². The molecular weight excluding hydrogens is 304 g/mol.